The van der Waals surface area contributed by atoms with E-state index in [0.717, 1.165) is 19.3 Å². The van der Waals surface area contributed by atoms with Gasteiger partial charge in [-0.15, -0.1) is 0 Å². The maximum atomic E-state index is 12.5. The lowest BCUT2D eigenvalue weighted by Gasteiger charge is -2.23. The van der Waals surface area contributed by atoms with E-state index in [2.05, 4.69) is 6.08 Å². The van der Waals surface area contributed by atoms with Crippen molar-refractivity contribution in [3.8, 4) is 0 Å². The third-order valence-electron chi connectivity index (χ3n) is 4.00. The Morgan fingerprint density at radius 1 is 1.30 bits per heavy atom. The summed E-state index contributed by atoms with van der Waals surface area (Å²) in [6.07, 6.45) is 9.55. The summed E-state index contributed by atoms with van der Waals surface area (Å²) in [5.41, 5.74) is 1.41. The van der Waals surface area contributed by atoms with Crippen molar-refractivity contribution in [1.82, 2.24) is 4.90 Å². The van der Waals surface area contributed by atoms with Gasteiger partial charge in [-0.05, 0) is 51.2 Å². The molecule has 0 aromatic carbocycles. The molecule has 1 aliphatic rings. The first kappa shape index (κ1) is 17.3. The summed E-state index contributed by atoms with van der Waals surface area (Å²) in [6, 6.07) is 3.35. The molecule has 0 unspecified atom stereocenters. The molecule has 23 heavy (non-hydrogen) atoms. The van der Waals surface area contributed by atoms with Crippen molar-refractivity contribution in [2.45, 2.75) is 45.4 Å². The number of ether oxygens (including phenoxy) is 1. The van der Waals surface area contributed by atoms with Gasteiger partial charge in [0.15, 0.2) is 5.76 Å². The van der Waals surface area contributed by atoms with Gasteiger partial charge < -0.3 is 14.1 Å². The fourth-order valence-corrected chi connectivity index (χ4v) is 2.74. The van der Waals surface area contributed by atoms with E-state index < -0.39 is 0 Å². The second-order valence-electron chi connectivity index (χ2n) is 5.68. The van der Waals surface area contributed by atoms with Crippen molar-refractivity contribution < 1.29 is 18.7 Å². The molecule has 1 aliphatic carbocycles. The van der Waals surface area contributed by atoms with Gasteiger partial charge in [-0.1, -0.05) is 11.6 Å². The number of hydrogen-bond donors (Lipinski definition) is 0. The summed E-state index contributed by atoms with van der Waals surface area (Å²) in [7, 11) is 0. The van der Waals surface area contributed by atoms with Gasteiger partial charge in [0, 0.05) is 13.1 Å². The number of amides is 1. The molecule has 0 fully saturated rings. The molecule has 0 atom stereocenters. The molecule has 1 amide bonds. The van der Waals surface area contributed by atoms with Crippen molar-refractivity contribution >= 4 is 11.9 Å². The van der Waals surface area contributed by atoms with Crippen LogP contribution in [0.5, 0.6) is 0 Å². The number of nitrogens with zero attached hydrogens (tertiary/aromatic N) is 1. The molecule has 0 radical (unpaired) electrons. The standard InChI is InChI=1S/C18H25NO4/c1-2-22-17(20)11-13-19(18(21)16-9-6-14-23-16)12-10-15-7-4-3-5-8-15/h6-7,9,14H,2-5,8,10-13H2,1H3. The minimum atomic E-state index is -0.276. The average Bonchev–Trinajstić information content (AvgIpc) is 3.10. The SMILES string of the molecule is CCOC(=O)CCN(CCC1=CCCCC1)C(=O)c1ccco1. The summed E-state index contributed by atoms with van der Waals surface area (Å²) in [6.45, 7) is 3.09. The zero-order chi connectivity index (χ0) is 16.5. The van der Waals surface area contributed by atoms with Crippen LogP contribution in [-0.4, -0.2) is 36.5 Å². The summed E-state index contributed by atoms with van der Waals surface area (Å²) in [5, 5.41) is 0. The average molecular weight is 319 g/mol. The Kier molecular flexibility index (Phi) is 6.91. The Labute approximate surface area is 137 Å². The number of rotatable bonds is 8. The minimum absolute atomic E-state index is 0.171. The van der Waals surface area contributed by atoms with Gasteiger partial charge in [0.25, 0.3) is 5.91 Å². The summed E-state index contributed by atoms with van der Waals surface area (Å²) < 4.78 is 10.1. The van der Waals surface area contributed by atoms with E-state index in [1.807, 2.05) is 0 Å². The fourth-order valence-electron chi connectivity index (χ4n) is 2.74. The summed E-state index contributed by atoms with van der Waals surface area (Å²) in [4.78, 5) is 25.8. The number of hydrogen-bond acceptors (Lipinski definition) is 4. The van der Waals surface area contributed by atoms with Crippen LogP contribution in [0.15, 0.2) is 34.5 Å². The van der Waals surface area contributed by atoms with Crippen molar-refractivity contribution in [1.29, 1.82) is 0 Å². The van der Waals surface area contributed by atoms with Gasteiger partial charge >= 0.3 is 5.97 Å². The molecule has 1 heterocycles. The second kappa shape index (κ2) is 9.18. The largest absolute Gasteiger partial charge is 0.466 e. The number of esters is 1. The van der Waals surface area contributed by atoms with Crippen LogP contribution in [0.4, 0.5) is 0 Å². The van der Waals surface area contributed by atoms with Crippen LogP contribution in [0.1, 0.15) is 56.0 Å². The molecule has 0 saturated heterocycles. The van der Waals surface area contributed by atoms with E-state index in [9.17, 15) is 9.59 Å². The highest BCUT2D eigenvalue weighted by Gasteiger charge is 2.20. The van der Waals surface area contributed by atoms with Crippen molar-refractivity contribution in [3.63, 3.8) is 0 Å². The normalized spacial score (nSPS) is 14.2. The van der Waals surface area contributed by atoms with Crippen LogP contribution in [0, 0.1) is 0 Å². The van der Waals surface area contributed by atoms with Gasteiger partial charge in [-0.3, -0.25) is 9.59 Å². The topological polar surface area (TPSA) is 59.8 Å². The number of carbonyl (C=O) groups is 2. The third kappa shape index (κ3) is 5.58. The minimum Gasteiger partial charge on any atom is -0.466 e. The first-order valence-corrected chi connectivity index (χ1v) is 8.37. The van der Waals surface area contributed by atoms with E-state index in [1.54, 1.807) is 24.0 Å². The van der Waals surface area contributed by atoms with E-state index in [1.165, 1.54) is 24.7 Å². The Hall–Kier alpha value is -2.04. The van der Waals surface area contributed by atoms with Gasteiger partial charge in [0.05, 0.1) is 19.3 Å². The molecular formula is C18H25NO4. The zero-order valence-corrected chi connectivity index (χ0v) is 13.8. The lowest BCUT2D eigenvalue weighted by molar-refractivity contribution is -0.143. The molecule has 0 bridgehead atoms. The van der Waals surface area contributed by atoms with Gasteiger partial charge in [0.1, 0.15) is 0 Å². The van der Waals surface area contributed by atoms with Crippen molar-refractivity contribution in [2.75, 3.05) is 19.7 Å². The molecule has 0 aliphatic heterocycles. The predicted octanol–water partition coefficient (Wildman–Crippen LogP) is 3.57. The van der Waals surface area contributed by atoms with E-state index in [0.29, 0.717) is 25.5 Å². The molecule has 1 aromatic rings. The lowest BCUT2D eigenvalue weighted by Crippen LogP contribution is -2.34. The first-order chi connectivity index (χ1) is 11.2. The first-order valence-electron chi connectivity index (χ1n) is 8.37. The van der Waals surface area contributed by atoms with Crippen LogP contribution in [0.3, 0.4) is 0 Å². The Bertz CT molecular complexity index is 533. The molecular weight excluding hydrogens is 294 g/mol. The van der Waals surface area contributed by atoms with Crippen LogP contribution in [-0.2, 0) is 9.53 Å². The molecule has 0 spiro atoms. The quantitative estimate of drug-likeness (QED) is 0.543. The smallest absolute Gasteiger partial charge is 0.307 e. The van der Waals surface area contributed by atoms with Crippen LogP contribution in [0.2, 0.25) is 0 Å². The third-order valence-corrected chi connectivity index (χ3v) is 4.00. The Morgan fingerprint density at radius 3 is 2.83 bits per heavy atom. The molecule has 5 nitrogen and oxygen atoms in total. The summed E-state index contributed by atoms with van der Waals surface area (Å²) in [5.74, 6) is -0.135. The monoisotopic (exact) mass is 319 g/mol. The number of allylic oxidation sites excluding steroid dienone is 1. The highest BCUT2D eigenvalue weighted by molar-refractivity contribution is 5.91. The highest BCUT2D eigenvalue weighted by atomic mass is 16.5. The van der Waals surface area contributed by atoms with Crippen LogP contribution < -0.4 is 0 Å². The van der Waals surface area contributed by atoms with Crippen LogP contribution in [0.25, 0.3) is 0 Å². The fraction of sp³-hybridized carbons (Fsp3) is 0.556. The van der Waals surface area contributed by atoms with Gasteiger partial charge in [-0.2, -0.15) is 0 Å². The van der Waals surface area contributed by atoms with Crippen molar-refractivity contribution in [2.24, 2.45) is 0 Å². The maximum Gasteiger partial charge on any atom is 0.307 e. The Balaban J connectivity index is 1.94. The van der Waals surface area contributed by atoms with Crippen LogP contribution >= 0.6 is 0 Å². The highest BCUT2D eigenvalue weighted by Crippen LogP contribution is 2.20. The van der Waals surface area contributed by atoms with E-state index >= 15 is 0 Å². The molecule has 5 heteroatoms. The van der Waals surface area contributed by atoms with E-state index in [-0.39, 0.29) is 18.3 Å². The second-order valence-corrected chi connectivity index (χ2v) is 5.68. The molecule has 126 valence electrons. The molecule has 0 N–H and O–H groups in total. The number of carbonyl (C=O) groups excluding carboxylic acids is 2. The number of furan rings is 1. The zero-order valence-electron chi connectivity index (χ0n) is 13.8. The summed E-state index contributed by atoms with van der Waals surface area (Å²) >= 11 is 0. The maximum absolute atomic E-state index is 12.5. The Morgan fingerprint density at radius 2 is 2.17 bits per heavy atom. The van der Waals surface area contributed by atoms with Gasteiger partial charge in [0.2, 0.25) is 0 Å². The lowest BCUT2D eigenvalue weighted by atomic mass is 9.97. The van der Waals surface area contributed by atoms with Gasteiger partial charge in [-0.25, -0.2) is 0 Å². The predicted molar refractivity (Wildman–Crippen MR) is 87.0 cm³/mol. The molecule has 1 aromatic heterocycles. The molecule has 2 rings (SSSR count). The van der Waals surface area contributed by atoms with E-state index in [4.69, 9.17) is 9.15 Å². The molecule has 0 saturated carbocycles. The van der Waals surface area contributed by atoms with Crippen molar-refractivity contribution in [3.05, 3.63) is 35.8 Å².